The maximum absolute atomic E-state index is 12.3. The zero-order valence-electron chi connectivity index (χ0n) is 11.3. The van der Waals surface area contributed by atoms with Gasteiger partial charge in [-0.2, -0.15) is 0 Å². The molecular weight excluding hydrogens is 264 g/mol. The molecule has 0 radical (unpaired) electrons. The van der Waals surface area contributed by atoms with E-state index in [1.54, 1.807) is 30.7 Å². The standard InChI is InChI=1S/C16H14N4O/c17-15(21)16(13-7-2-4-10-19-13)8-5-11-20-14(16)12-6-1-3-9-18-12/h1-7,9-11H,8H2,(H2,17,21). The number of aromatic nitrogens is 2. The molecule has 0 aromatic carbocycles. The number of primary amides is 1. The van der Waals surface area contributed by atoms with Crippen molar-refractivity contribution in [2.24, 2.45) is 10.7 Å². The summed E-state index contributed by atoms with van der Waals surface area (Å²) in [6.45, 7) is 0. The van der Waals surface area contributed by atoms with Crippen LogP contribution >= 0.6 is 0 Å². The van der Waals surface area contributed by atoms with Crippen molar-refractivity contribution in [3.63, 3.8) is 0 Å². The third-order valence-corrected chi connectivity index (χ3v) is 3.57. The van der Waals surface area contributed by atoms with Crippen LogP contribution in [0.15, 0.2) is 66.1 Å². The Kier molecular flexibility index (Phi) is 3.31. The molecule has 1 aliphatic rings. The zero-order chi connectivity index (χ0) is 14.7. The highest BCUT2D eigenvalue weighted by Crippen LogP contribution is 2.33. The summed E-state index contributed by atoms with van der Waals surface area (Å²) in [5.74, 6) is -0.477. The van der Waals surface area contributed by atoms with Crippen LogP contribution in [0.25, 0.3) is 0 Å². The Hall–Kier alpha value is -2.82. The van der Waals surface area contributed by atoms with Gasteiger partial charge in [-0.15, -0.1) is 0 Å². The smallest absolute Gasteiger partial charge is 0.236 e. The normalized spacial score (nSPS) is 20.9. The average Bonchev–Trinajstić information content (AvgIpc) is 2.56. The molecule has 5 heteroatoms. The lowest BCUT2D eigenvalue weighted by molar-refractivity contribution is -0.121. The maximum Gasteiger partial charge on any atom is 0.236 e. The van der Waals surface area contributed by atoms with Crippen LogP contribution in [0.1, 0.15) is 17.8 Å². The van der Waals surface area contributed by atoms with E-state index in [1.165, 1.54) is 0 Å². The highest BCUT2D eigenvalue weighted by atomic mass is 16.1. The number of carbonyl (C=O) groups is 1. The SMILES string of the molecule is NC(=O)C1(c2ccccn2)CC=CN=C1c1ccccn1. The summed E-state index contributed by atoms with van der Waals surface area (Å²) in [6.07, 6.45) is 7.24. The fourth-order valence-electron chi connectivity index (χ4n) is 2.54. The van der Waals surface area contributed by atoms with E-state index in [1.807, 2.05) is 30.3 Å². The number of allylic oxidation sites excluding steroid dienone is 1. The van der Waals surface area contributed by atoms with Crippen molar-refractivity contribution in [3.05, 3.63) is 72.5 Å². The van der Waals surface area contributed by atoms with E-state index < -0.39 is 11.3 Å². The number of aliphatic imine (C=N–C) groups is 1. The molecule has 0 aliphatic carbocycles. The minimum Gasteiger partial charge on any atom is -0.368 e. The van der Waals surface area contributed by atoms with Gasteiger partial charge in [0.2, 0.25) is 5.91 Å². The predicted molar refractivity (Wildman–Crippen MR) is 79.6 cm³/mol. The highest BCUT2D eigenvalue weighted by Gasteiger charge is 2.46. The van der Waals surface area contributed by atoms with Crippen LogP contribution in [-0.4, -0.2) is 21.6 Å². The predicted octanol–water partition coefficient (Wildman–Crippen LogP) is 1.61. The van der Waals surface area contributed by atoms with Crippen LogP contribution in [0.3, 0.4) is 0 Å². The topological polar surface area (TPSA) is 81.2 Å². The fraction of sp³-hybridized carbons (Fsp3) is 0.125. The van der Waals surface area contributed by atoms with Crippen molar-refractivity contribution in [1.29, 1.82) is 0 Å². The summed E-state index contributed by atoms with van der Waals surface area (Å²) in [6, 6.07) is 10.9. The molecule has 0 spiro atoms. The second-order valence-electron chi connectivity index (χ2n) is 4.77. The van der Waals surface area contributed by atoms with E-state index in [0.29, 0.717) is 23.5 Å². The van der Waals surface area contributed by atoms with E-state index in [2.05, 4.69) is 15.0 Å². The minimum atomic E-state index is -1.08. The second-order valence-corrected chi connectivity index (χ2v) is 4.77. The first-order chi connectivity index (χ1) is 10.2. The molecule has 3 rings (SSSR count). The average molecular weight is 278 g/mol. The highest BCUT2D eigenvalue weighted by molar-refractivity contribution is 6.20. The van der Waals surface area contributed by atoms with Crippen molar-refractivity contribution in [2.75, 3.05) is 0 Å². The lowest BCUT2D eigenvalue weighted by Gasteiger charge is -2.31. The first kappa shape index (κ1) is 13.2. The third-order valence-electron chi connectivity index (χ3n) is 3.57. The molecule has 104 valence electrons. The van der Waals surface area contributed by atoms with Gasteiger partial charge in [-0.05, 0) is 30.7 Å². The molecular formula is C16H14N4O. The van der Waals surface area contributed by atoms with Gasteiger partial charge in [0.25, 0.3) is 0 Å². The van der Waals surface area contributed by atoms with Crippen LogP contribution < -0.4 is 5.73 Å². The molecule has 5 nitrogen and oxygen atoms in total. The van der Waals surface area contributed by atoms with Gasteiger partial charge in [-0.3, -0.25) is 19.8 Å². The summed E-state index contributed by atoms with van der Waals surface area (Å²) >= 11 is 0. The molecule has 1 amide bonds. The first-order valence-electron chi connectivity index (χ1n) is 6.61. The maximum atomic E-state index is 12.3. The van der Waals surface area contributed by atoms with Gasteiger partial charge in [-0.25, -0.2) is 0 Å². The van der Waals surface area contributed by atoms with E-state index in [-0.39, 0.29) is 0 Å². The number of pyridine rings is 2. The molecule has 1 atom stereocenters. The van der Waals surface area contributed by atoms with Crippen LogP contribution in [0.2, 0.25) is 0 Å². The number of amides is 1. The van der Waals surface area contributed by atoms with E-state index in [9.17, 15) is 4.79 Å². The molecule has 0 saturated heterocycles. The number of nitrogens with two attached hydrogens (primary N) is 1. The minimum absolute atomic E-state index is 0.425. The van der Waals surface area contributed by atoms with Crippen molar-refractivity contribution >= 4 is 11.6 Å². The molecule has 21 heavy (non-hydrogen) atoms. The molecule has 0 fully saturated rings. The molecule has 2 aromatic rings. The van der Waals surface area contributed by atoms with Gasteiger partial charge in [0.15, 0.2) is 0 Å². The van der Waals surface area contributed by atoms with Gasteiger partial charge >= 0.3 is 0 Å². The van der Waals surface area contributed by atoms with Gasteiger partial charge in [0.05, 0.1) is 17.1 Å². The Labute approximate surface area is 122 Å². The summed E-state index contributed by atoms with van der Waals surface area (Å²) in [4.78, 5) is 25.3. The molecule has 2 aromatic heterocycles. The number of carbonyl (C=O) groups excluding carboxylic acids is 1. The van der Waals surface area contributed by atoms with Crippen LogP contribution in [0.4, 0.5) is 0 Å². The molecule has 1 unspecified atom stereocenters. The number of rotatable bonds is 3. The molecule has 0 saturated carbocycles. The molecule has 1 aliphatic heterocycles. The number of hydrogen-bond donors (Lipinski definition) is 1. The summed E-state index contributed by atoms with van der Waals surface area (Å²) in [7, 11) is 0. The number of hydrogen-bond acceptors (Lipinski definition) is 4. The van der Waals surface area contributed by atoms with Crippen LogP contribution in [0, 0.1) is 0 Å². The molecule has 0 bridgehead atoms. The zero-order valence-corrected chi connectivity index (χ0v) is 11.3. The quantitative estimate of drug-likeness (QED) is 0.926. The molecule has 3 heterocycles. The van der Waals surface area contributed by atoms with Crippen LogP contribution in [-0.2, 0) is 10.2 Å². The van der Waals surface area contributed by atoms with E-state index in [0.717, 1.165) is 0 Å². The van der Waals surface area contributed by atoms with Gasteiger partial charge in [-0.1, -0.05) is 18.2 Å². The molecule has 2 N–H and O–H groups in total. The monoisotopic (exact) mass is 278 g/mol. The Morgan fingerprint density at radius 2 is 1.86 bits per heavy atom. The fourth-order valence-corrected chi connectivity index (χ4v) is 2.54. The lowest BCUT2D eigenvalue weighted by atomic mass is 9.73. The Morgan fingerprint density at radius 3 is 2.48 bits per heavy atom. The van der Waals surface area contributed by atoms with Gasteiger partial charge in [0, 0.05) is 18.6 Å². The Balaban J connectivity index is 2.22. The van der Waals surface area contributed by atoms with E-state index >= 15 is 0 Å². The van der Waals surface area contributed by atoms with Gasteiger partial charge in [0.1, 0.15) is 5.41 Å². The summed E-state index contributed by atoms with van der Waals surface area (Å²) < 4.78 is 0. The third kappa shape index (κ3) is 2.12. The van der Waals surface area contributed by atoms with Crippen molar-refractivity contribution < 1.29 is 4.79 Å². The lowest BCUT2D eigenvalue weighted by Crippen LogP contribution is -2.49. The van der Waals surface area contributed by atoms with Crippen molar-refractivity contribution in [2.45, 2.75) is 11.8 Å². The first-order valence-corrected chi connectivity index (χ1v) is 6.61. The van der Waals surface area contributed by atoms with E-state index in [4.69, 9.17) is 5.73 Å². The van der Waals surface area contributed by atoms with Crippen LogP contribution in [0.5, 0.6) is 0 Å². The largest absolute Gasteiger partial charge is 0.368 e. The number of nitrogens with zero attached hydrogens (tertiary/aromatic N) is 3. The summed E-state index contributed by atoms with van der Waals surface area (Å²) in [5.41, 5.74) is 6.42. The van der Waals surface area contributed by atoms with Crippen molar-refractivity contribution in [1.82, 2.24) is 9.97 Å². The Morgan fingerprint density at radius 1 is 1.10 bits per heavy atom. The summed E-state index contributed by atoms with van der Waals surface area (Å²) in [5, 5.41) is 0. The second kappa shape index (κ2) is 5.28. The van der Waals surface area contributed by atoms with Crippen molar-refractivity contribution in [3.8, 4) is 0 Å². The van der Waals surface area contributed by atoms with Gasteiger partial charge < -0.3 is 5.73 Å². The Bertz CT molecular complexity index is 710.